The van der Waals surface area contributed by atoms with Gasteiger partial charge in [-0.15, -0.1) is 0 Å². The van der Waals surface area contributed by atoms with Crippen LogP contribution in [0.4, 0.5) is 0 Å². The molecular formula is C23H44O3. The second-order valence-electron chi connectivity index (χ2n) is 9.97. The first kappa shape index (κ1) is 14.8. The number of fused-ring (bicyclic) bond motifs is 1. The Labute approximate surface area is 170 Å². The van der Waals surface area contributed by atoms with Gasteiger partial charge in [0, 0.05) is 8.22 Å². The minimum Gasteiger partial charge on any atom is -0.393 e. The summed E-state index contributed by atoms with van der Waals surface area (Å²) in [5, 5.41) is 31.4. The SMILES string of the molecule is [2H]C([2H])([2H])C(O)(CCC[C@@H](CCCC(C)(C)O)[C@H]1CC[C@H]2[C@@H](O)CCC[C@]12C)C([2H])([2H])[2H]. The fourth-order valence-corrected chi connectivity index (χ4v) is 5.93. The quantitative estimate of drug-likeness (QED) is 0.528. The van der Waals surface area contributed by atoms with Gasteiger partial charge in [0.25, 0.3) is 0 Å². The summed E-state index contributed by atoms with van der Waals surface area (Å²) in [5.41, 5.74) is -3.43. The van der Waals surface area contributed by atoms with E-state index in [1.54, 1.807) is 13.8 Å². The van der Waals surface area contributed by atoms with Crippen LogP contribution in [0.2, 0.25) is 0 Å². The molecule has 2 rings (SSSR count). The van der Waals surface area contributed by atoms with Gasteiger partial charge >= 0.3 is 0 Å². The summed E-state index contributed by atoms with van der Waals surface area (Å²) in [5.74, 6) is 0.896. The van der Waals surface area contributed by atoms with Crippen LogP contribution in [-0.2, 0) is 0 Å². The van der Waals surface area contributed by atoms with E-state index in [9.17, 15) is 15.3 Å². The summed E-state index contributed by atoms with van der Waals surface area (Å²) in [4.78, 5) is 0. The van der Waals surface area contributed by atoms with Gasteiger partial charge in [-0.1, -0.05) is 39.0 Å². The van der Waals surface area contributed by atoms with Gasteiger partial charge in [-0.3, -0.25) is 0 Å². The maximum Gasteiger partial charge on any atom is 0.0591 e. The fraction of sp³-hybridized carbons (Fsp3) is 1.00. The Balaban J connectivity index is 2.15. The van der Waals surface area contributed by atoms with Crippen LogP contribution in [-0.4, -0.2) is 32.6 Å². The number of aliphatic hydroxyl groups excluding tert-OH is 1. The highest BCUT2D eigenvalue weighted by molar-refractivity contribution is 5.02. The monoisotopic (exact) mass is 374 g/mol. The number of hydrogen-bond acceptors (Lipinski definition) is 3. The molecule has 0 saturated heterocycles. The van der Waals surface area contributed by atoms with Crippen LogP contribution in [0.15, 0.2) is 0 Å². The molecule has 0 aromatic carbocycles. The Morgan fingerprint density at radius 3 is 2.23 bits per heavy atom. The Bertz CT molecular complexity index is 598. The first-order chi connectivity index (χ1) is 14.4. The first-order valence-corrected chi connectivity index (χ1v) is 10.6. The molecule has 3 nitrogen and oxygen atoms in total. The van der Waals surface area contributed by atoms with Crippen molar-refractivity contribution in [1.29, 1.82) is 0 Å². The molecule has 0 heterocycles. The second-order valence-corrected chi connectivity index (χ2v) is 9.97. The van der Waals surface area contributed by atoms with E-state index in [1.807, 2.05) is 0 Å². The maximum absolute atomic E-state index is 10.6. The van der Waals surface area contributed by atoms with Crippen LogP contribution in [0.1, 0.15) is 113 Å². The molecule has 2 aliphatic carbocycles. The highest BCUT2D eigenvalue weighted by Crippen LogP contribution is 2.59. The molecule has 2 aliphatic rings. The van der Waals surface area contributed by atoms with Crippen molar-refractivity contribution < 1.29 is 23.5 Å². The molecule has 0 aromatic rings. The maximum atomic E-state index is 10.6. The van der Waals surface area contributed by atoms with Crippen molar-refractivity contribution in [2.45, 2.75) is 122 Å². The molecule has 0 aromatic heterocycles. The van der Waals surface area contributed by atoms with Crippen molar-refractivity contribution in [3.8, 4) is 0 Å². The van der Waals surface area contributed by atoms with E-state index < -0.39 is 24.9 Å². The fourth-order valence-electron chi connectivity index (χ4n) is 5.93. The van der Waals surface area contributed by atoms with E-state index >= 15 is 0 Å². The largest absolute Gasteiger partial charge is 0.393 e. The summed E-state index contributed by atoms with van der Waals surface area (Å²) in [6.07, 6.45) is 7.66. The van der Waals surface area contributed by atoms with E-state index in [0.29, 0.717) is 25.2 Å². The first-order valence-electron chi connectivity index (χ1n) is 13.6. The summed E-state index contributed by atoms with van der Waals surface area (Å²) < 4.78 is 45.7. The van der Waals surface area contributed by atoms with Crippen LogP contribution in [0.5, 0.6) is 0 Å². The zero-order valence-electron chi connectivity index (χ0n) is 22.9. The van der Waals surface area contributed by atoms with Gasteiger partial charge in [0.1, 0.15) is 0 Å². The molecule has 2 fully saturated rings. The van der Waals surface area contributed by atoms with Gasteiger partial charge in [-0.05, 0) is 89.2 Å². The van der Waals surface area contributed by atoms with Gasteiger partial charge in [0.15, 0.2) is 0 Å². The zero-order chi connectivity index (χ0) is 24.6. The molecule has 0 radical (unpaired) electrons. The second kappa shape index (κ2) is 8.49. The number of aliphatic hydroxyl groups is 3. The van der Waals surface area contributed by atoms with Crippen molar-refractivity contribution >= 4 is 0 Å². The van der Waals surface area contributed by atoms with E-state index in [4.69, 9.17) is 8.22 Å². The average molecular weight is 375 g/mol. The zero-order valence-corrected chi connectivity index (χ0v) is 16.9. The van der Waals surface area contributed by atoms with Crippen molar-refractivity contribution in [3.05, 3.63) is 0 Å². The molecule has 154 valence electrons. The molecule has 0 spiro atoms. The molecule has 0 aliphatic heterocycles. The third kappa shape index (κ3) is 5.94. The van der Waals surface area contributed by atoms with Gasteiger partial charge in [-0.2, -0.15) is 0 Å². The van der Waals surface area contributed by atoms with Crippen LogP contribution < -0.4 is 0 Å². The van der Waals surface area contributed by atoms with Crippen molar-refractivity contribution in [1.82, 2.24) is 0 Å². The predicted molar refractivity (Wildman–Crippen MR) is 108 cm³/mol. The Morgan fingerprint density at radius 2 is 1.65 bits per heavy atom. The molecule has 2 saturated carbocycles. The molecule has 26 heavy (non-hydrogen) atoms. The smallest absolute Gasteiger partial charge is 0.0591 e. The van der Waals surface area contributed by atoms with Crippen LogP contribution in [0.3, 0.4) is 0 Å². The molecule has 3 heteroatoms. The lowest BCUT2D eigenvalue weighted by Gasteiger charge is -2.46. The molecule has 0 unspecified atom stereocenters. The van der Waals surface area contributed by atoms with Gasteiger partial charge in [0.2, 0.25) is 0 Å². The van der Waals surface area contributed by atoms with E-state index in [1.165, 1.54) is 0 Å². The van der Waals surface area contributed by atoms with E-state index in [2.05, 4.69) is 6.92 Å². The highest BCUT2D eigenvalue weighted by Gasteiger charge is 2.52. The molecule has 3 N–H and O–H groups in total. The van der Waals surface area contributed by atoms with Crippen molar-refractivity contribution in [3.63, 3.8) is 0 Å². The minimum absolute atomic E-state index is 0.0292. The van der Waals surface area contributed by atoms with Gasteiger partial charge in [0.05, 0.1) is 17.3 Å². The topological polar surface area (TPSA) is 60.7 Å². The molecule has 0 bridgehead atoms. The minimum atomic E-state index is -2.98. The van der Waals surface area contributed by atoms with Crippen LogP contribution >= 0.6 is 0 Å². The third-order valence-electron chi connectivity index (χ3n) is 7.21. The lowest BCUT2D eigenvalue weighted by Crippen LogP contribution is -2.42. The molecule has 0 amide bonds. The van der Waals surface area contributed by atoms with Gasteiger partial charge < -0.3 is 15.3 Å². The summed E-state index contributed by atoms with van der Waals surface area (Å²) in [7, 11) is 0. The predicted octanol–water partition coefficient (Wildman–Crippen LogP) is 5.06. The molecular weight excluding hydrogens is 324 g/mol. The lowest BCUT2D eigenvalue weighted by atomic mass is 9.60. The standard InChI is InChI=1S/C23H44O3/c1-21(2,25)14-6-9-17(10-7-15-22(3,4)26)18-12-13-19-20(24)11-8-16-23(18,19)5/h17-20,24-26H,6-16H2,1-5H3/t18-,19+,20+,23-/m1/s1/i1D3,2D3/t17-,18+,19-,20-,23+/m0. The Morgan fingerprint density at radius 1 is 1.04 bits per heavy atom. The van der Waals surface area contributed by atoms with E-state index in [0.717, 1.165) is 44.9 Å². The van der Waals surface area contributed by atoms with Gasteiger partial charge in [-0.25, -0.2) is 0 Å². The van der Waals surface area contributed by atoms with E-state index in [-0.39, 0.29) is 29.8 Å². The normalized spacial score (nSPS) is 38.3. The number of rotatable bonds is 9. The highest BCUT2D eigenvalue weighted by atomic mass is 16.3. The van der Waals surface area contributed by atoms with Crippen molar-refractivity contribution in [2.24, 2.45) is 23.2 Å². The Kier molecular flexibility index (Phi) is 4.84. The van der Waals surface area contributed by atoms with Crippen LogP contribution in [0, 0.1) is 23.2 Å². The third-order valence-corrected chi connectivity index (χ3v) is 7.21. The summed E-state index contributed by atoms with van der Waals surface area (Å²) in [6, 6.07) is 0. The average Bonchev–Trinajstić information content (AvgIpc) is 2.95. The summed E-state index contributed by atoms with van der Waals surface area (Å²) in [6.45, 7) is -0.0978. The summed E-state index contributed by atoms with van der Waals surface area (Å²) >= 11 is 0. The number of hydrogen-bond donors (Lipinski definition) is 3. The Hall–Kier alpha value is -0.120. The lowest BCUT2D eigenvalue weighted by molar-refractivity contribution is -0.0320. The van der Waals surface area contributed by atoms with Crippen molar-refractivity contribution in [2.75, 3.05) is 0 Å². The van der Waals surface area contributed by atoms with Crippen LogP contribution in [0.25, 0.3) is 0 Å². The molecule has 5 atom stereocenters.